The van der Waals surface area contributed by atoms with E-state index in [1.54, 1.807) is 18.5 Å². The van der Waals surface area contributed by atoms with Crippen LogP contribution < -0.4 is 11.3 Å². The lowest BCUT2D eigenvalue weighted by Crippen LogP contribution is -2.28. The molecule has 0 bridgehead atoms. The van der Waals surface area contributed by atoms with Gasteiger partial charge in [0.15, 0.2) is 0 Å². The molecule has 0 fully saturated rings. The Balaban J connectivity index is 2.40. The maximum Gasteiger partial charge on any atom is 0.115 e. The van der Waals surface area contributed by atoms with Crippen molar-refractivity contribution < 1.29 is 0 Å². The average molecular weight is 275 g/mol. The van der Waals surface area contributed by atoms with Gasteiger partial charge in [0.1, 0.15) is 6.33 Å². The Morgan fingerprint density at radius 2 is 2.00 bits per heavy atom. The number of hydrogen-bond acceptors (Lipinski definition) is 5. The minimum Gasteiger partial charge on any atom is -0.271 e. The zero-order chi connectivity index (χ0) is 11.5. The molecule has 1 unspecified atom stereocenters. The van der Waals surface area contributed by atoms with Crippen LogP contribution in [0.5, 0.6) is 0 Å². The molecule has 0 aliphatic carbocycles. The Kier molecular flexibility index (Phi) is 3.73. The van der Waals surface area contributed by atoms with Gasteiger partial charge in [-0.3, -0.25) is 5.84 Å². The van der Waals surface area contributed by atoms with Gasteiger partial charge in [-0.1, -0.05) is 23.2 Å². The molecule has 2 aromatic heterocycles. The van der Waals surface area contributed by atoms with Gasteiger partial charge >= 0.3 is 0 Å². The van der Waals surface area contributed by atoms with E-state index < -0.39 is 0 Å². The largest absolute Gasteiger partial charge is 0.271 e. The first-order valence-corrected chi connectivity index (χ1v) is 5.95. The van der Waals surface area contributed by atoms with Crippen molar-refractivity contribution in [3.05, 3.63) is 44.6 Å². The van der Waals surface area contributed by atoms with Gasteiger partial charge in [-0.25, -0.2) is 15.4 Å². The number of hydrazine groups is 1. The van der Waals surface area contributed by atoms with Crippen LogP contribution in [0.2, 0.25) is 8.67 Å². The first-order chi connectivity index (χ1) is 7.72. The second-order valence-electron chi connectivity index (χ2n) is 3.05. The van der Waals surface area contributed by atoms with Crippen LogP contribution in [0.25, 0.3) is 0 Å². The third-order valence-corrected chi connectivity index (χ3v) is 3.59. The Hall–Kier alpha value is -0.720. The van der Waals surface area contributed by atoms with Crippen LogP contribution in [0.1, 0.15) is 17.2 Å². The summed E-state index contributed by atoms with van der Waals surface area (Å²) < 4.78 is 1.23. The summed E-state index contributed by atoms with van der Waals surface area (Å²) in [6.45, 7) is 0. The fraction of sp³-hybridized carbons (Fsp3) is 0.111. The second kappa shape index (κ2) is 5.07. The van der Waals surface area contributed by atoms with E-state index in [9.17, 15) is 0 Å². The normalized spacial score (nSPS) is 12.7. The molecule has 0 aliphatic rings. The molecule has 16 heavy (non-hydrogen) atoms. The van der Waals surface area contributed by atoms with Crippen molar-refractivity contribution in [2.45, 2.75) is 6.04 Å². The summed E-state index contributed by atoms with van der Waals surface area (Å²) >= 11 is 13.3. The number of halogens is 2. The lowest BCUT2D eigenvalue weighted by atomic mass is 10.1. The third-order valence-electron chi connectivity index (χ3n) is 2.07. The highest BCUT2D eigenvalue weighted by molar-refractivity contribution is 7.20. The van der Waals surface area contributed by atoms with Crippen molar-refractivity contribution >= 4 is 34.5 Å². The molecule has 3 N–H and O–H groups in total. The van der Waals surface area contributed by atoms with Crippen molar-refractivity contribution in [1.29, 1.82) is 0 Å². The third kappa shape index (κ3) is 2.34. The van der Waals surface area contributed by atoms with Crippen molar-refractivity contribution in [2.24, 2.45) is 5.84 Å². The van der Waals surface area contributed by atoms with Crippen molar-refractivity contribution in [3.63, 3.8) is 0 Å². The number of hydrogen-bond donors (Lipinski definition) is 2. The molecule has 0 radical (unpaired) electrons. The van der Waals surface area contributed by atoms with Crippen LogP contribution in [-0.4, -0.2) is 9.97 Å². The zero-order valence-corrected chi connectivity index (χ0v) is 10.4. The Morgan fingerprint density at radius 1 is 1.31 bits per heavy atom. The highest BCUT2D eigenvalue weighted by atomic mass is 35.5. The van der Waals surface area contributed by atoms with E-state index in [2.05, 4.69) is 15.4 Å². The van der Waals surface area contributed by atoms with E-state index in [4.69, 9.17) is 29.0 Å². The van der Waals surface area contributed by atoms with Crippen LogP contribution >= 0.6 is 34.5 Å². The smallest absolute Gasteiger partial charge is 0.115 e. The molecule has 0 aliphatic heterocycles. The van der Waals surface area contributed by atoms with Gasteiger partial charge in [-0.05, 0) is 6.07 Å². The van der Waals surface area contributed by atoms with E-state index in [1.807, 2.05) is 0 Å². The van der Waals surface area contributed by atoms with Gasteiger partial charge in [0.05, 0.1) is 14.7 Å². The van der Waals surface area contributed by atoms with Crippen LogP contribution in [0.15, 0.2) is 24.8 Å². The minimum absolute atomic E-state index is 0.252. The summed E-state index contributed by atoms with van der Waals surface area (Å²) in [6.07, 6.45) is 4.82. The molecule has 0 amide bonds. The predicted octanol–water partition coefficient (Wildman–Crippen LogP) is 2.40. The van der Waals surface area contributed by atoms with Gasteiger partial charge in [0, 0.05) is 23.5 Å². The number of aromatic nitrogens is 2. The molecule has 4 nitrogen and oxygen atoms in total. The van der Waals surface area contributed by atoms with Crippen LogP contribution in [0.4, 0.5) is 0 Å². The summed E-state index contributed by atoms with van der Waals surface area (Å²) in [6, 6.07) is 1.53. The number of nitrogens with one attached hydrogen (secondary N) is 1. The first kappa shape index (κ1) is 11.8. The molecule has 1 atom stereocenters. The average Bonchev–Trinajstić information content (AvgIpc) is 2.61. The fourth-order valence-corrected chi connectivity index (χ4v) is 2.91. The molecule has 2 heterocycles. The number of thiophene rings is 1. The monoisotopic (exact) mass is 274 g/mol. The number of rotatable bonds is 3. The van der Waals surface area contributed by atoms with Gasteiger partial charge in [0.2, 0.25) is 0 Å². The van der Waals surface area contributed by atoms with Gasteiger partial charge in [-0.2, -0.15) is 0 Å². The Morgan fingerprint density at radius 3 is 2.50 bits per heavy atom. The quantitative estimate of drug-likeness (QED) is 0.667. The topological polar surface area (TPSA) is 63.8 Å². The van der Waals surface area contributed by atoms with Gasteiger partial charge in [0.25, 0.3) is 0 Å². The summed E-state index contributed by atoms with van der Waals surface area (Å²) in [5.74, 6) is 5.51. The molecule has 7 heteroatoms. The van der Waals surface area contributed by atoms with Crippen LogP contribution in [0.3, 0.4) is 0 Å². The van der Waals surface area contributed by atoms with E-state index in [0.717, 1.165) is 11.1 Å². The van der Waals surface area contributed by atoms with E-state index in [1.165, 1.54) is 17.7 Å². The molecule has 0 aromatic carbocycles. The van der Waals surface area contributed by atoms with Crippen LogP contribution in [-0.2, 0) is 0 Å². The SMILES string of the molecule is NNC(c1cncnc1)c1cc(Cl)sc1Cl. The molecule has 2 aromatic rings. The van der Waals surface area contributed by atoms with E-state index in [-0.39, 0.29) is 6.04 Å². The molecular weight excluding hydrogens is 267 g/mol. The summed E-state index contributed by atoms with van der Waals surface area (Å²) in [5.41, 5.74) is 4.33. The molecule has 2 rings (SSSR count). The standard InChI is InChI=1S/C9H8Cl2N4S/c10-7-1-6(9(11)16-7)8(15-12)5-2-13-4-14-3-5/h1-4,8,15H,12H2. The maximum atomic E-state index is 6.07. The fourth-order valence-electron chi connectivity index (χ4n) is 1.38. The highest BCUT2D eigenvalue weighted by Gasteiger charge is 2.18. The first-order valence-electron chi connectivity index (χ1n) is 4.38. The zero-order valence-electron chi connectivity index (χ0n) is 8.02. The molecule has 0 spiro atoms. The van der Waals surface area contributed by atoms with E-state index >= 15 is 0 Å². The predicted molar refractivity (Wildman–Crippen MR) is 65.5 cm³/mol. The molecule has 0 saturated carbocycles. The van der Waals surface area contributed by atoms with Gasteiger partial charge < -0.3 is 0 Å². The van der Waals surface area contributed by atoms with Gasteiger partial charge in [-0.15, -0.1) is 11.3 Å². The lowest BCUT2D eigenvalue weighted by molar-refractivity contribution is 0.634. The minimum atomic E-state index is -0.252. The maximum absolute atomic E-state index is 6.07. The Labute approximate surface area is 106 Å². The Bertz CT molecular complexity index is 474. The molecule has 0 saturated heterocycles. The molecular formula is C9H8Cl2N4S. The van der Waals surface area contributed by atoms with Crippen molar-refractivity contribution in [1.82, 2.24) is 15.4 Å². The highest BCUT2D eigenvalue weighted by Crippen LogP contribution is 2.36. The van der Waals surface area contributed by atoms with Crippen molar-refractivity contribution in [2.75, 3.05) is 0 Å². The summed E-state index contributed by atoms with van der Waals surface area (Å²) in [5, 5.41) is 0. The van der Waals surface area contributed by atoms with E-state index in [0.29, 0.717) is 8.67 Å². The second-order valence-corrected chi connectivity index (χ2v) is 5.34. The number of nitrogens with two attached hydrogens (primary N) is 1. The summed E-state index contributed by atoms with van der Waals surface area (Å²) in [4.78, 5) is 7.87. The number of nitrogens with zero attached hydrogens (tertiary/aromatic N) is 2. The summed E-state index contributed by atoms with van der Waals surface area (Å²) in [7, 11) is 0. The molecule has 84 valence electrons. The lowest BCUT2D eigenvalue weighted by Gasteiger charge is -2.14. The van der Waals surface area contributed by atoms with Crippen molar-refractivity contribution in [3.8, 4) is 0 Å². The van der Waals surface area contributed by atoms with Crippen LogP contribution in [0, 0.1) is 0 Å².